The molecule has 0 aromatic rings. The van der Waals surface area contributed by atoms with Crippen LogP contribution in [0.3, 0.4) is 0 Å². The van der Waals surface area contributed by atoms with Crippen molar-refractivity contribution in [3.8, 4) is 0 Å². The second kappa shape index (κ2) is 42.4. The molecule has 0 N–H and O–H groups in total. The van der Waals surface area contributed by atoms with Crippen molar-refractivity contribution in [2.75, 3.05) is 0 Å². The van der Waals surface area contributed by atoms with Gasteiger partial charge in [0.05, 0.1) is 0 Å². The van der Waals surface area contributed by atoms with Gasteiger partial charge in [-0.1, -0.05) is 298 Å². The zero-order valence-electron chi connectivity index (χ0n) is 86.8. The third kappa shape index (κ3) is 29.5. The Balaban J connectivity index is 0.000000268. The van der Waals surface area contributed by atoms with Crippen LogP contribution in [0.2, 0.25) is 0 Å². The lowest BCUT2D eigenvalue weighted by molar-refractivity contribution is -0.0376. The van der Waals surface area contributed by atoms with E-state index in [1.807, 2.05) is 0 Å². The van der Waals surface area contributed by atoms with Crippen LogP contribution in [0.5, 0.6) is 0 Å². The second-order valence-corrected chi connectivity index (χ2v) is 32.5. The first kappa shape index (κ1) is 45.4. The third-order valence-corrected chi connectivity index (χ3v) is 25.5. The fraction of sp³-hybridized carbons (Fsp3) is 1.00. The maximum absolute atomic E-state index is 7.60. The fourth-order valence-corrected chi connectivity index (χ4v) is 19.8. The minimum Gasteiger partial charge on any atom is -0.0651 e. The van der Waals surface area contributed by atoms with Crippen molar-refractivity contribution in [3.05, 3.63) is 0 Å². The zero-order chi connectivity index (χ0) is 86.8. The van der Waals surface area contributed by atoms with Gasteiger partial charge in [-0.2, -0.15) is 0 Å². The summed E-state index contributed by atoms with van der Waals surface area (Å²) in [5.41, 5.74) is -3.31. The van der Waals surface area contributed by atoms with Gasteiger partial charge in [-0.25, -0.2) is 0 Å². The Bertz CT molecular complexity index is 2480. The van der Waals surface area contributed by atoms with Gasteiger partial charge in [0.25, 0.3) is 0 Å². The van der Waals surface area contributed by atoms with E-state index in [2.05, 4.69) is 55.4 Å². The second-order valence-electron chi connectivity index (χ2n) is 32.5. The lowest BCUT2D eigenvalue weighted by Gasteiger charge is -2.54. The molecule has 0 amide bonds. The topological polar surface area (TPSA) is 0 Å². The molecule has 86 heavy (non-hydrogen) atoms. The third-order valence-electron chi connectivity index (χ3n) is 25.5. The Hall–Kier alpha value is 0. The summed E-state index contributed by atoms with van der Waals surface area (Å²) in [6.07, 6.45) is 61.3. The largest absolute Gasteiger partial charge is 0.0651 e. The van der Waals surface area contributed by atoms with Crippen molar-refractivity contribution in [1.82, 2.24) is 0 Å². The average Bonchev–Trinajstić information content (AvgIpc) is 0.979. The van der Waals surface area contributed by atoms with Crippen molar-refractivity contribution in [1.29, 1.82) is 0 Å². The molecule has 8 atom stereocenters. The van der Waals surface area contributed by atoms with E-state index in [4.69, 9.17) is 38.4 Å². The minimum absolute atomic E-state index is 0.160. The van der Waals surface area contributed by atoms with Crippen LogP contribution in [-0.4, -0.2) is 0 Å². The highest BCUT2D eigenvalue weighted by Gasteiger charge is 2.48. The molecule has 0 aliphatic heterocycles. The van der Waals surface area contributed by atoms with Crippen molar-refractivity contribution < 1.29 is 38.4 Å². The van der Waals surface area contributed by atoms with Gasteiger partial charge in [0.15, 0.2) is 0 Å². The molecule has 510 valence electrons. The van der Waals surface area contributed by atoms with E-state index in [1.54, 1.807) is 122 Å². The summed E-state index contributed by atoms with van der Waals surface area (Å²) < 4.78 is 200. The van der Waals surface area contributed by atoms with Gasteiger partial charge in [-0.05, 0) is 250 Å². The van der Waals surface area contributed by atoms with Gasteiger partial charge in [0, 0.05) is 38.4 Å². The highest BCUT2D eigenvalue weighted by molar-refractivity contribution is 4.98. The molecule has 0 saturated heterocycles. The van der Waals surface area contributed by atoms with Gasteiger partial charge in [0.2, 0.25) is 0 Å². The molecule has 8 unspecified atom stereocenters. The van der Waals surface area contributed by atoms with Crippen LogP contribution >= 0.6 is 0 Å². The zero-order valence-corrected chi connectivity index (χ0v) is 58.8. The lowest BCUT2D eigenvalue weighted by Crippen LogP contribution is -2.44. The molecule has 12 bridgehead atoms. The highest BCUT2D eigenvalue weighted by Crippen LogP contribution is 2.58. The van der Waals surface area contributed by atoms with Crippen LogP contribution < -0.4 is 0 Å². The molecule has 0 aromatic heterocycles. The smallest absolute Gasteiger partial charge is 0.0300 e. The predicted molar refractivity (Wildman–Crippen MR) is 389 cm³/mol. The Morgan fingerprint density at radius 2 is 0.791 bits per heavy atom. The summed E-state index contributed by atoms with van der Waals surface area (Å²) in [6, 6.07) is 0. The molecule has 16 aliphatic rings. The first-order valence-corrected chi connectivity index (χ1v) is 38.4. The molecular formula is C86H166. The highest BCUT2D eigenvalue weighted by atomic mass is 14.5. The molecule has 0 spiro atoms. The summed E-state index contributed by atoms with van der Waals surface area (Å²) >= 11 is 0. The van der Waals surface area contributed by atoms with Crippen LogP contribution in [0.25, 0.3) is 0 Å². The van der Waals surface area contributed by atoms with E-state index in [1.165, 1.54) is 141 Å². The molecule has 0 aromatic carbocycles. The number of hydrogen-bond acceptors (Lipinski definition) is 0. The monoisotopic (exact) mass is 1230 g/mol. The minimum atomic E-state index is -3.47. The van der Waals surface area contributed by atoms with Crippen molar-refractivity contribution >= 4 is 0 Å². The van der Waals surface area contributed by atoms with Crippen LogP contribution in [0.15, 0.2) is 0 Å². The molecule has 16 aliphatic carbocycles. The van der Waals surface area contributed by atoms with E-state index >= 15 is 0 Å². The van der Waals surface area contributed by atoms with Gasteiger partial charge >= 0.3 is 0 Å². The fourth-order valence-electron chi connectivity index (χ4n) is 19.8. The van der Waals surface area contributed by atoms with Gasteiger partial charge < -0.3 is 0 Å². The molecular weight excluding hydrogens is 1030 g/mol. The molecule has 16 rings (SSSR count). The Kier molecular flexibility index (Phi) is 22.4. The van der Waals surface area contributed by atoms with E-state index in [-0.39, 0.29) is 6.42 Å². The van der Waals surface area contributed by atoms with Gasteiger partial charge in [-0.15, -0.1) is 0 Å². The Morgan fingerprint density at radius 3 is 1.01 bits per heavy atom. The number of fused-ring (bicyclic) bond motifs is 4. The Morgan fingerprint density at radius 1 is 0.372 bits per heavy atom. The molecule has 16 saturated carbocycles. The van der Waals surface area contributed by atoms with Crippen LogP contribution in [0.1, 0.15) is 439 Å². The molecule has 0 heterocycles. The summed E-state index contributed by atoms with van der Waals surface area (Å²) in [6.45, 7) is -4.97. The predicted octanol–water partition coefficient (Wildman–Crippen LogP) is 29.2. The number of rotatable bonds is 6. The van der Waals surface area contributed by atoms with E-state index < -0.39 is 90.7 Å². The first-order valence-electron chi connectivity index (χ1n) is 52.4. The van der Waals surface area contributed by atoms with Gasteiger partial charge in [-0.3, -0.25) is 0 Å². The van der Waals surface area contributed by atoms with Crippen LogP contribution in [0, 0.1) is 147 Å². The van der Waals surface area contributed by atoms with Crippen LogP contribution in [0.4, 0.5) is 0 Å². The summed E-state index contributed by atoms with van der Waals surface area (Å²) in [5.74, 6) is 14.5. The van der Waals surface area contributed by atoms with Crippen molar-refractivity contribution in [3.63, 3.8) is 0 Å². The van der Waals surface area contributed by atoms with E-state index in [9.17, 15) is 0 Å². The van der Waals surface area contributed by atoms with Crippen molar-refractivity contribution in [2.45, 2.75) is 401 Å². The maximum atomic E-state index is 7.60. The molecule has 0 radical (unpaired) electrons. The van der Waals surface area contributed by atoms with Crippen molar-refractivity contribution in [2.24, 2.45) is 147 Å². The SMILES string of the molecule is CC1C2CC3CC(C2)CC1C3.CC1CC2CCC1C2.CC1CCCC1.CC1CCCCC1.CCC1C2CC3CC(C2)CC1C3.CCC1CC2CCC1C2.CCC1CCCC1.CCC1CCCCC1.[2H]C([2H])([2H])C(C)C(C([2H])([2H])[2H])(C([2H])([2H])[2H])C([2H])([2H])[2H].[2H]C([2H])([2H])C(C)C([2H])(C([2H])([2H])[2H])C([2H])([2H])[2H].[2H]C([2H])([2H])C(CC)C([2H])([2H])[2H]. The standard InChI is InChI=1S/C12H20.C11H18.C9H16.C8H14.C8H16.2C7H14.C7H16.C6H12.C6H14.C5H12/c1-2-12-10-4-8-3-9(6-10)7-11(12)5-8;1-7-10-3-8-2-9(5-10)6-11(7)4-8;1-2-8-5-7-3-4-9(8)6-7;1-6-4-7-2-3-8(6)5-7;1-2-8-6-4-3-5-7-8;1-7-5-3-2-4-6-7;1-2-7-5-3-4-6-7;1-6(2)7(3,4)5;1-6-4-2-3-5-6;1-5(2)6(3)4;1-4-5(2)3/h8-12H,2-7H2,1H3;7-11H,2-6H2,1H3;7-9H,2-6H2,1H3;6-8H,2-5H2,1H3;8H,2-7H2,1H3;2*7H,2-6H2,1H3;6H,1-5H3;6H,2-5H2,1H3;5-6H,1-4H3;5H,4H2,1-3H3/i;;;;;;;1D3,3D3,4D3,5D3;;1D3,2D3,3D3,5D;2D3,3D3. The quantitative estimate of drug-likeness (QED) is 0.249. The summed E-state index contributed by atoms with van der Waals surface area (Å²) in [7, 11) is 0. The maximum Gasteiger partial charge on any atom is 0.0300 e. The summed E-state index contributed by atoms with van der Waals surface area (Å²) in [5, 5.41) is 0. The van der Waals surface area contributed by atoms with Crippen LogP contribution in [-0.2, 0) is 0 Å². The molecule has 0 heteroatoms. The normalized spacial score (nSPS) is 42.7. The summed E-state index contributed by atoms with van der Waals surface area (Å²) in [4.78, 5) is 0. The average molecular weight is 1230 g/mol. The number of hydrogen-bond donors (Lipinski definition) is 0. The lowest BCUT2D eigenvalue weighted by atomic mass is 9.51. The van der Waals surface area contributed by atoms with E-state index in [0.29, 0.717) is 0 Å². The molecule has 0 nitrogen and oxygen atoms in total. The molecule has 16 fully saturated rings. The van der Waals surface area contributed by atoms with E-state index in [0.717, 1.165) is 132 Å². The van der Waals surface area contributed by atoms with Gasteiger partial charge in [0.1, 0.15) is 0 Å². The Labute approximate surface area is 585 Å². The first-order chi connectivity index (χ1) is 52.4.